The number of hydrogen-bond donors (Lipinski definition) is 0. The minimum absolute atomic E-state index is 0.0927. The average molecular weight is 347 g/mol. The van der Waals surface area contributed by atoms with Gasteiger partial charge in [0.05, 0.1) is 4.87 Å². The molecule has 1 aromatic rings. The molecule has 4 heterocycles. The lowest BCUT2D eigenvalue weighted by Gasteiger charge is -2.38. The van der Waals surface area contributed by atoms with E-state index in [-0.39, 0.29) is 22.7 Å². The number of fused-ring (bicyclic) bond motifs is 1. The fraction of sp³-hybridized carbons (Fsp3) is 0.625. The maximum atomic E-state index is 12.9. The van der Waals surface area contributed by atoms with Crippen LogP contribution in [0.25, 0.3) is 0 Å². The predicted octanol–water partition coefficient (Wildman–Crippen LogP) is 0.579. The molecular weight excluding hydrogens is 326 g/mol. The summed E-state index contributed by atoms with van der Waals surface area (Å²) in [5.74, 6) is 1.64. The highest BCUT2D eigenvalue weighted by molar-refractivity contribution is 8.01. The van der Waals surface area contributed by atoms with E-state index in [1.807, 2.05) is 9.80 Å². The zero-order chi connectivity index (χ0) is 16.7. The van der Waals surface area contributed by atoms with Crippen molar-refractivity contribution in [3.05, 3.63) is 18.5 Å². The van der Waals surface area contributed by atoms with Crippen molar-refractivity contribution in [1.82, 2.24) is 19.8 Å². The third kappa shape index (κ3) is 2.53. The van der Waals surface area contributed by atoms with E-state index in [1.54, 1.807) is 30.2 Å². The van der Waals surface area contributed by atoms with Crippen LogP contribution in [-0.2, 0) is 9.59 Å². The van der Waals surface area contributed by atoms with Crippen molar-refractivity contribution in [3.8, 4) is 0 Å². The van der Waals surface area contributed by atoms with Crippen molar-refractivity contribution < 1.29 is 9.59 Å². The van der Waals surface area contributed by atoms with Crippen LogP contribution in [0.3, 0.4) is 0 Å². The number of hydrogen-bond acceptors (Lipinski definition) is 6. The molecule has 4 rings (SSSR count). The molecule has 8 heteroatoms. The second-order valence-electron chi connectivity index (χ2n) is 6.63. The first-order valence-electron chi connectivity index (χ1n) is 8.35. The van der Waals surface area contributed by atoms with Crippen LogP contribution in [0.5, 0.6) is 0 Å². The lowest BCUT2D eigenvalue weighted by molar-refractivity contribution is -0.143. The van der Waals surface area contributed by atoms with Crippen molar-refractivity contribution >= 4 is 29.5 Å². The third-order valence-corrected chi connectivity index (χ3v) is 6.66. The third-order valence-electron chi connectivity index (χ3n) is 5.16. The molecule has 3 aliphatic heterocycles. The van der Waals surface area contributed by atoms with Crippen LogP contribution >= 0.6 is 11.8 Å². The van der Waals surface area contributed by atoms with Gasteiger partial charge in [0.25, 0.3) is 0 Å². The fourth-order valence-electron chi connectivity index (χ4n) is 3.80. The minimum atomic E-state index is -0.297. The predicted molar refractivity (Wildman–Crippen MR) is 91.6 cm³/mol. The molecule has 3 aliphatic rings. The molecule has 3 fully saturated rings. The van der Waals surface area contributed by atoms with Gasteiger partial charge in [-0.05, 0) is 19.4 Å². The fourth-order valence-corrected chi connectivity index (χ4v) is 5.22. The Hall–Kier alpha value is -1.83. The Balaban J connectivity index is 1.41. The van der Waals surface area contributed by atoms with Gasteiger partial charge >= 0.3 is 0 Å². The molecule has 3 saturated heterocycles. The van der Waals surface area contributed by atoms with E-state index in [4.69, 9.17) is 0 Å². The van der Waals surface area contributed by atoms with E-state index >= 15 is 0 Å². The molecule has 0 radical (unpaired) electrons. The zero-order valence-corrected chi connectivity index (χ0v) is 14.5. The lowest BCUT2D eigenvalue weighted by atomic mass is 10.2. The molecule has 0 saturated carbocycles. The summed E-state index contributed by atoms with van der Waals surface area (Å²) in [6, 6.07) is 1.50. The average Bonchev–Trinajstić information content (AvgIpc) is 3.11. The van der Waals surface area contributed by atoms with E-state index in [2.05, 4.69) is 21.8 Å². The Morgan fingerprint density at radius 2 is 1.96 bits per heavy atom. The first-order valence-corrected chi connectivity index (χ1v) is 9.34. The van der Waals surface area contributed by atoms with E-state index < -0.39 is 0 Å². The van der Waals surface area contributed by atoms with Gasteiger partial charge in [-0.2, -0.15) is 0 Å². The molecule has 0 unspecified atom stereocenters. The second-order valence-corrected chi connectivity index (χ2v) is 8.13. The molecular formula is C16H21N5O2S. The molecule has 24 heavy (non-hydrogen) atoms. The number of carbonyl (C=O) groups excluding carboxylic acids is 2. The molecule has 1 aromatic heterocycles. The van der Waals surface area contributed by atoms with E-state index in [9.17, 15) is 9.59 Å². The number of thioether (sulfide) groups is 1. The summed E-state index contributed by atoms with van der Waals surface area (Å²) in [6.07, 6.45) is 4.87. The quantitative estimate of drug-likeness (QED) is 0.779. The van der Waals surface area contributed by atoms with Gasteiger partial charge < -0.3 is 14.7 Å². The summed E-state index contributed by atoms with van der Waals surface area (Å²) in [6.45, 7) is 4.83. The van der Waals surface area contributed by atoms with Gasteiger partial charge in [0.1, 0.15) is 6.04 Å². The second kappa shape index (κ2) is 5.91. The standard InChI is InChI=1S/C16H21N5O2S/c1-16-4-3-13(22)21(16)12(11-24-16)14(23)19-7-9-20(10-8-19)15-17-5-2-6-18-15/h2,5-6,12H,3-4,7-11H2,1H3/t12-,16+/m1/s1. The van der Waals surface area contributed by atoms with Crippen molar-refractivity contribution in [2.45, 2.75) is 30.7 Å². The summed E-state index contributed by atoms with van der Waals surface area (Å²) in [5.41, 5.74) is 0. The highest BCUT2D eigenvalue weighted by Gasteiger charge is 2.53. The van der Waals surface area contributed by atoms with Gasteiger partial charge in [0.2, 0.25) is 17.8 Å². The summed E-state index contributed by atoms with van der Waals surface area (Å²) < 4.78 is 0. The number of piperazine rings is 1. The summed E-state index contributed by atoms with van der Waals surface area (Å²) in [4.78, 5) is 39.3. The van der Waals surface area contributed by atoms with Crippen molar-refractivity contribution in [3.63, 3.8) is 0 Å². The smallest absolute Gasteiger partial charge is 0.246 e. The van der Waals surface area contributed by atoms with Crippen molar-refractivity contribution in [2.75, 3.05) is 36.8 Å². The first-order chi connectivity index (χ1) is 11.6. The number of rotatable bonds is 2. The molecule has 0 bridgehead atoms. The molecule has 7 nitrogen and oxygen atoms in total. The topological polar surface area (TPSA) is 69.6 Å². The molecule has 0 spiro atoms. The van der Waals surface area contributed by atoms with E-state index in [0.717, 1.165) is 19.5 Å². The summed E-state index contributed by atoms with van der Waals surface area (Å²) >= 11 is 1.74. The van der Waals surface area contributed by atoms with Crippen molar-refractivity contribution in [2.24, 2.45) is 0 Å². The number of aromatic nitrogens is 2. The SMILES string of the molecule is C[C@]12CCC(=O)N1[C@@H](C(=O)N1CCN(c3ncccn3)CC1)CS2. The van der Waals surface area contributed by atoms with Crippen LogP contribution in [-0.4, -0.2) is 74.4 Å². The van der Waals surface area contributed by atoms with E-state index in [0.29, 0.717) is 31.2 Å². The Kier molecular flexibility index (Phi) is 3.86. The van der Waals surface area contributed by atoms with Crippen LogP contribution in [0.2, 0.25) is 0 Å². The normalized spacial score (nSPS) is 30.0. The molecule has 0 N–H and O–H groups in total. The Morgan fingerprint density at radius 1 is 1.25 bits per heavy atom. The maximum absolute atomic E-state index is 12.9. The monoisotopic (exact) mass is 347 g/mol. The van der Waals surface area contributed by atoms with Gasteiger partial charge in [-0.3, -0.25) is 9.59 Å². The number of anilines is 1. The Bertz CT molecular complexity index is 649. The van der Waals surface area contributed by atoms with Gasteiger partial charge in [-0.1, -0.05) is 0 Å². The Morgan fingerprint density at radius 3 is 2.67 bits per heavy atom. The summed E-state index contributed by atoms with van der Waals surface area (Å²) in [5, 5.41) is 0. The van der Waals surface area contributed by atoms with Crippen LogP contribution < -0.4 is 4.90 Å². The van der Waals surface area contributed by atoms with E-state index in [1.165, 1.54) is 0 Å². The van der Waals surface area contributed by atoms with Gasteiger partial charge in [-0.25, -0.2) is 9.97 Å². The molecule has 2 atom stereocenters. The number of amides is 2. The first kappa shape index (κ1) is 15.7. The van der Waals surface area contributed by atoms with Crippen LogP contribution in [0, 0.1) is 0 Å². The summed E-state index contributed by atoms with van der Waals surface area (Å²) in [7, 11) is 0. The van der Waals surface area contributed by atoms with Crippen LogP contribution in [0.4, 0.5) is 5.95 Å². The highest BCUT2D eigenvalue weighted by atomic mass is 32.2. The maximum Gasteiger partial charge on any atom is 0.246 e. The molecule has 0 aliphatic carbocycles. The van der Waals surface area contributed by atoms with Crippen LogP contribution in [0.1, 0.15) is 19.8 Å². The lowest BCUT2D eigenvalue weighted by Crippen LogP contribution is -2.56. The number of nitrogens with zero attached hydrogens (tertiary/aromatic N) is 5. The number of carbonyl (C=O) groups is 2. The largest absolute Gasteiger partial charge is 0.337 e. The van der Waals surface area contributed by atoms with Gasteiger partial charge in [0.15, 0.2) is 0 Å². The molecule has 2 amide bonds. The van der Waals surface area contributed by atoms with Gasteiger partial charge in [-0.15, -0.1) is 11.8 Å². The van der Waals surface area contributed by atoms with Crippen LogP contribution in [0.15, 0.2) is 18.5 Å². The zero-order valence-electron chi connectivity index (χ0n) is 13.7. The highest BCUT2D eigenvalue weighted by Crippen LogP contribution is 2.47. The molecule has 128 valence electrons. The minimum Gasteiger partial charge on any atom is -0.337 e. The van der Waals surface area contributed by atoms with Crippen molar-refractivity contribution in [1.29, 1.82) is 0 Å². The molecule has 0 aromatic carbocycles. The Labute approximate surface area is 145 Å². The van der Waals surface area contributed by atoms with Gasteiger partial charge in [0, 0.05) is 50.7 Å².